The summed E-state index contributed by atoms with van der Waals surface area (Å²) in [5.41, 5.74) is 0. The zero-order chi connectivity index (χ0) is 14.5. The summed E-state index contributed by atoms with van der Waals surface area (Å²) in [5, 5.41) is 3.31. The van der Waals surface area contributed by atoms with Gasteiger partial charge in [0.05, 0.1) is 11.5 Å². The minimum atomic E-state index is -3.35. The largest absolute Gasteiger partial charge is 0.314 e. The molecule has 0 aliphatic carbocycles. The second kappa shape index (κ2) is 7.01. The van der Waals surface area contributed by atoms with Crippen LogP contribution in [0.15, 0.2) is 0 Å². The first-order valence-corrected chi connectivity index (χ1v) is 10.2. The molecule has 0 bridgehead atoms. The molecule has 1 aliphatic heterocycles. The minimum Gasteiger partial charge on any atom is -0.314 e. The summed E-state index contributed by atoms with van der Waals surface area (Å²) in [6.07, 6.45) is 5.01. The van der Waals surface area contributed by atoms with Crippen LogP contribution in [-0.4, -0.2) is 65.1 Å². The van der Waals surface area contributed by atoms with Crippen molar-refractivity contribution in [2.45, 2.75) is 31.7 Å². The molecule has 0 aromatic rings. The monoisotopic (exact) mass is 312 g/mol. The molecule has 0 aromatic heterocycles. The third-order valence-electron chi connectivity index (χ3n) is 3.39. The Morgan fingerprint density at radius 1 is 1.16 bits per heavy atom. The fraction of sp³-hybridized carbons (Fsp3) is 1.00. The molecule has 0 radical (unpaired) electrons. The number of nitrogens with zero attached hydrogens (tertiary/aromatic N) is 1. The van der Waals surface area contributed by atoms with Gasteiger partial charge in [0.15, 0.2) is 0 Å². The molecule has 114 valence electrons. The van der Waals surface area contributed by atoms with Crippen LogP contribution in [0.1, 0.15) is 25.7 Å². The van der Waals surface area contributed by atoms with Crippen LogP contribution in [-0.2, 0) is 19.9 Å². The van der Waals surface area contributed by atoms with Crippen molar-refractivity contribution in [2.24, 2.45) is 0 Å². The molecule has 0 saturated carbocycles. The predicted octanol–water partition coefficient (Wildman–Crippen LogP) is -0.175. The first-order chi connectivity index (χ1) is 8.71. The normalized spacial score (nSPS) is 21.7. The summed E-state index contributed by atoms with van der Waals surface area (Å²) in [5.74, 6) is -0.0602. The molecule has 6 nitrogen and oxygen atoms in total. The van der Waals surface area contributed by atoms with E-state index in [0.717, 1.165) is 36.4 Å². The molecule has 1 aliphatic rings. The third-order valence-corrected chi connectivity index (χ3v) is 6.20. The van der Waals surface area contributed by atoms with Crippen molar-refractivity contribution in [3.63, 3.8) is 0 Å². The number of sulfonamides is 1. The Hall–Kier alpha value is -0.180. The average Bonchev–Trinajstić information content (AvgIpc) is 2.34. The lowest BCUT2D eigenvalue weighted by Crippen LogP contribution is -2.38. The van der Waals surface area contributed by atoms with E-state index in [2.05, 4.69) is 5.32 Å². The van der Waals surface area contributed by atoms with Crippen LogP contribution >= 0.6 is 0 Å². The van der Waals surface area contributed by atoms with E-state index >= 15 is 0 Å². The van der Waals surface area contributed by atoms with Crippen LogP contribution in [0.25, 0.3) is 0 Å². The van der Waals surface area contributed by atoms with Gasteiger partial charge in [0.1, 0.15) is 9.84 Å². The molecule has 8 heteroatoms. The molecule has 1 heterocycles. The topological polar surface area (TPSA) is 83.6 Å². The molecule has 19 heavy (non-hydrogen) atoms. The van der Waals surface area contributed by atoms with Crippen LogP contribution in [0.5, 0.6) is 0 Å². The van der Waals surface area contributed by atoms with Crippen LogP contribution in [0.2, 0.25) is 0 Å². The van der Waals surface area contributed by atoms with Gasteiger partial charge in [-0.1, -0.05) is 6.42 Å². The molecule has 1 unspecified atom stereocenters. The van der Waals surface area contributed by atoms with Crippen LogP contribution in [0, 0.1) is 0 Å². The van der Waals surface area contributed by atoms with E-state index < -0.39 is 19.9 Å². The highest BCUT2D eigenvalue weighted by atomic mass is 32.2. The number of hydrogen-bond donors (Lipinski definition) is 1. The highest BCUT2D eigenvalue weighted by molar-refractivity contribution is 7.91. The van der Waals surface area contributed by atoms with Crippen LogP contribution < -0.4 is 5.32 Å². The second-order valence-electron chi connectivity index (χ2n) is 5.20. The van der Waals surface area contributed by atoms with Crippen molar-refractivity contribution in [1.29, 1.82) is 0 Å². The quantitative estimate of drug-likeness (QED) is 0.705. The zero-order valence-corrected chi connectivity index (χ0v) is 13.3. The van der Waals surface area contributed by atoms with Crippen molar-refractivity contribution in [2.75, 3.05) is 37.9 Å². The Kier molecular flexibility index (Phi) is 6.22. The molecular formula is C11H24N2O4S2. The number of piperidine rings is 1. The lowest BCUT2D eigenvalue weighted by atomic mass is 10.0. The van der Waals surface area contributed by atoms with Gasteiger partial charge in [-0.2, -0.15) is 0 Å². The van der Waals surface area contributed by atoms with Crippen molar-refractivity contribution in [3.05, 3.63) is 0 Å². The lowest BCUT2D eigenvalue weighted by molar-refractivity contribution is 0.389. The van der Waals surface area contributed by atoms with Gasteiger partial charge in [-0.3, -0.25) is 0 Å². The summed E-state index contributed by atoms with van der Waals surface area (Å²) in [4.78, 5) is 0. The van der Waals surface area contributed by atoms with Crippen molar-refractivity contribution in [3.8, 4) is 0 Å². The molecule has 0 aromatic carbocycles. The van der Waals surface area contributed by atoms with E-state index in [1.165, 1.54) is 7.05 Å². The van der Waals surface area contributed by atoms with E-state index in [0.29, 0.717) is 6.42 Å². The van der Waals surface area contributed by atoms with E-state index in [-0.39, 0.29) is 24.1 Å². The Labute approximate surface area is 116 Å². The van der Waals surface area contributed by atoms with Gasteiger partial charge in [0.25, 0.3) is 0 Å². The fourth-order valence-electron chi connectivity index (χ4n) is 2.05. The van der Waals surface area contributed by atoms with E-state index in [4.69, 9.17) is 0 Å². The second-order valence-corrected chi connectivity index (χ2v) is 9.66. The van der Waals surface area contributed by atoms with Crippen molar-refractivity contribution >= 4 is 19.9 Å². The van der Waals surface area contributed by atoms with Gasteiger partial charge < -0.3 is 5.32 Å². The third kappa shape index (κ3) is 6.69. The van der Waals surface area contributed by atoms with Crippen LogP contribution in [0.3, 0.4) is 0 Å². The molecule has 1 N–H and O–H groups in total. The number of rotatable bonds is 7. The maximum Gasteiger partial charge on any atom is 0.213 e. The molecule has 1 saturated heterocycles. The van der Waals surface area contributed by atoms with Crippen molar-refractivity contribution < 1.29 is 16.8 Å². The fourth-order valence-corrected chi connectivity index (χ4v) is 4.04. The highest BCUT2D eigenvalue weighted by Crippen LogP contribution is 2.12. The summed E-state index contributed by atoms with van der Waals surface area (Å²) in [6.45, 7) is 0.980. The summed E-state index contributed by atoms with van der Waals surface area (Å²) < 4.78 is 47.2. The summed E-state index contributed by atoms with van der Waals surface area (Å²) >= 11 is 0. The summed E-state index contributed by atoms with van der Waals surface area (Å²) in [7, 11) is -5.05. The van der Waals surface area contributed by atoms with Gasteiger partial charge in [-0.25, -0.2) is 21.1 Å². The smallest absolute Gasteiger partial charge is 0.213 e. The number of nitrogens with one attached hydrogen (secondary N) is 1. The van der Waals surface area contributed by atoms with Gasteiger partial charge in [0.2, 0.25) is 10.0 Å². The van der Waals surface area contributed by atoms with Gasteiger partial charge in [-0.15, -0.1) is 0 Å². The van der Waals surface area contributed by atoms with Gasteiger partial charge >= 0.3 is 0 Å². The maximum absolute atomic E-state index is 12.0. The molecule has 1 rings (SSSR count). The van der Waals surface area contributed by atoms with Crippen LogP contribution in [0.4, 0.5) is 0 Å². The Morgan fingerprint density at radius 2 is 1.84 bits per heavy atom. The first-order valence-electron chi connectivity index (χ1n) is 6.56. The zero-order valence-electron chi connectivity index (χ0n) is 11.6. The van der Waals surface area contributed by atoms with Crippen molar-refractivity contribution in [1.82, 2.24) is 9.62 Å². The van der Waals surface area contributed by atoms with E-state index in [1.54, 1.807) is 0 Å². The predicted molar refractivity (Wildman–Crippen MR) is 76.4 cm³/mol. The lowest BCUT2D eigenvalue weighted by Gasteiger charge is -2.24. The first kappa shape index (κ1) is 16.9. The molecule has 0 spiro atoms. The Morgan fingerprint density at radius 3 is 2.37 bits per heavy atom. The van der Waals surface area contributed by atoms with E-state index in [9.17, 15) is 16.8 Å². The minimum absolute atomic E-state index is 0.0270. The molecule has 1 fully saturated rings. The molecule has 1 atom stereocenters. The Bertz CT molecular complexity index is 467. The SMILES string of the molecule is CN(CCS(C)(=O)=O)S(=O)(=O)CCC1CCCCN1. The molecular weight excluding hydrogens is 288 g/mol. The van der Waals surface area contributed by atoms with E-state index in [1.807, 2.05) is 0 Å². The standard InChI is InChI=1S/C11H24N2O4S2/c1-13(8-10-18(2,14)15)19(16,17)9-6-11-5-3-4-7-12-11/h11-12H,3-10H2,1-2H3. The maximum atomic E-state index is 12.0. The number of sulfone groups is 1. The summed E-state index contributed by atoms with van der Waals surface area (Å²) in [6, 6.07) is 0.270. The highest BCUT2D eigenvalue weighted by Gasteiger charge is 2.22. The average molecular weight is 312 g/mol. The number of hydrogen-bond acceptors (Lipinski definition) is 5. The van der Waals surface area contributed by atoms with Gasteiger partial charge in [0, 0.05) is 25.9 Å². The Balaban J connectivity index is 2.41. The van der Waals surface area contributed by atoms with Gasteiger partial charge in [-0.05, 0) is 25.8 Å². The molecule has 0 amide bonds.